The third kappa shape index (κ3) is 6.07. The zero-order chi connectivity index (χ0) is 24.8. The van der Waals surface area contributed by atoms with Crippen LogP contribution in [0.15, 0.2) is 47.6 Å². The molecule has 2 unspecified atom stereocenters. The van der Waals surface area contributed by atoms with E-state index < -0.39 is 5.25 Å². The fourth-order valence-electron chi connectivity index (χ4n) is 3.82. The SMILES string of the molecule is COc1ccc(-c2nnc(SC(C)C(=O)Nc3cc(OC)cc(OC)c3)n2CC2CCCO2)cc1. The average molecular weight is 499 g/mol. The number of ether oxygens (including phenoxy) is 4. The number of aromatic nitrogens is 3. The molecule has 1 aromatic heterocycles. The van der Waals surface area contributed by atoms with E-state index in [-0.39, 0.29) is 12.0 Å². The molecule has 1 N–H and O–H groups in total. The van der Waals surface area contributed by atoms with Crippen molar-refractivity contribution < 1.29 is 23.7 Å². The standard InChI is InChI=1S/C25H30N4O5S/c1-16(24(30)26-18-12-21(32-3)14-22(13-18)33-4)35-25-28-27-23(17-7-9-19(31-2)10-8-17)29(25)15-20-6-5-11-34-20/h7-10,12-14,16,20H,5-6,11,15H2,1-4H3,(H,26,30). The Labute approximate surface area is 209 Å². The Hall–Kier alpha value is -3.24. The molecule has 4 rings (SSSR count). The van der Waals surface area contributed by atoms with Gasteiger partial charge in [-0.2, -0.15) is 0 Å². The summed E-state index contributed by atoms with van der Waals surface area (Å²) in [4.78, 5) is 13.0. The quantitative estimate of drug-likeness (QED) is 0.414. The molecule has 186 valence electrons. The number of nitrogens with zero attached hydrogens (tertiary/aromatic N) is 3. The molecule has 1 aliphatic heterocycles. The summed E-state index contributed by atoms with van der Waals surface area (Å²) < 4.78 is 23.8. The number of thioether (sulfide) groups is 1. The maximum absolute atomic E-state index is 13.0. The number of anilines is 1. The van der Waals surface area contributed by atoms with Crippen molar-refractivity contribution in [3.05, 3.63) is 42.5 Å². The van der Waals surface area contributed by atoms with E-state index in [2.05, 4.69) is 15.5 Å². The molecule has 9 nitrogen and oxygen atoms in total. The van der Waals surface area contributed by atoms with Crippen LogP contribution in [0.3, 0.4) is 0 Å². The van der Waals surface area contributed by atoms with Crippen LogP contribution in [-0.4, -0.2) is 60.0 Å². The second-order valence-corrected chi connectivity index (χ2v) is 9.44. The van der Waals surface area contributed by atoms with Crippen molar-refractivity contribution in [2.45, 2.75) is 42.8 Å². The van der Waals surface area contributed by atoms with Crippen LogP contribution in [-0.2, 0) is 16.1 Å². The van der Waals surface area contributed by atoms with Crippen LogP contribution in [0.5, 0.6) is 17.2 Å². The second kappa shape index (κ2) is 11.5. The van der Waals surface area contributed by atoms with Gasteiger partial charge in [0.25, 0.3) is 0 Å². The van der Waals surface area contributed by atoms with Gasteiger partial charge in [0.1, 0.15) is 17.2 Å². The van der Waals surface area contributed by atoms with E-state index in [1.165, 1.54) is 11.8 Å². The topological polar surface area (TPSA) is 96.7 Å². The number of carbonyl (C=O) groups excluding carboxylic acids is 1. The average Bonchev–Trinajstić information content (AvgIpc) is 3.54. The van der Waals surface area contributed by atoms with Crippen molar-refractivity contribution in [1.29, 1.82) is 0 Å². The molecule has 2 atom stereocenters. The zero-order valence-electron chi connectivity index (χ0n) is 20.3. The van der Waals surface area contributed by atoms with E-state index in [4.69, 9.17) is 18.9 Å². The van der Waals surface area contributed by atoms with E-state index in [9.17, 15) is 4.79 Å². The Morgan fingerprint density at radius 1 is 1.09 bits per heavy atom. The van der Waals surface area contributed by atoms with Crippen molar-refractivity contribution >= 4 is 23.4 Å². The molecule has 2 heterocycles. The Kier molecular flexibility index (Phi) is 8.14. The Morgan fingerprint density at radius 2 is 1.77 bits per heavy atom. The number of benzene rings is 2. The highest BCUT2D eigenvalue weighted by atomic mass is 32.2. The first kappa shape index (κ1) is 24.9. The molecule has 0 bridgehead atoms. The lowest BCUT2D eigenvalue weighted by molar-refractivity contribution is -0.115. The number of amides is 1. The fourth-order valence-corrected chi connectivity index (χ4v) is 4.68. The van der Waals surface area contributed by atoms with E-state index in [0.717, 1.165) is 36.6 Å². The molecule has 0 radical (unpaired) electrons. The number of hydrogen-bond acceptors (Lipinski definition) is 8. The number of nitrogens with one attached hydrogen (secondary N) is 1. The van der Waals surface area contributed by atoms with Gasteiger partial charge in [0, 0.05) is 36.1 Å². The molecular weight excluding hydrogens is 468 g/mol. The highest BCUT2D eigenvalue weighted by Gasteiger charge is 2.25. The summed E-state index contributed by atoms with van der Waals surface area (Å²) in [6.45, 7) is 3.23. The van der Waals surface area contributed by atoms with Crippen molar-refractivity contribution in [2.24, 2.45) is 0 Å². The van der Waals surface area contributed by atoms with E-state index in [0.29, 0.717) is 28.9 Å². The molecule has 0 spiro atoms. The van der Waals surface area contributed by atoms with Crippen LogP contribution in [0, 0.1) is 0 Å². The Morgan fingerprint density at radius 3 is 2.37 bits per heavy atom. The third-order valence-electron chi connectivity index (χ3n) is 5.75. The van der Waals surface area contributed by atoms with Gasteiger partial charge >= 0.3 is 0 Å². The molecule has 10 heteroatoms. The lowest BCUT2D eigenvalue weighted by Gasteiger charge is -2.17. The number of rotatable bonds is 10. The molecule has 3 aromatic rings. The number of methoxy groups -OCH3 is 3. The molecule has 1 saturated heterocycles. The highest BCUT2D eigenvalue weighted by molar-refractivity contribution is 8.00. The van der Waals surface area contributed by atoms with Gasteiger partial charge in [-0.1, -0.05) is 11.8 Å². The molecule has 1 fully saturated rings. The van der Waals surface area contributed by atoms with Gasteiger partial charge in [-0.25, -0.2) is 0 Å². The smallest absolute Gasteiger partial charge is 0.237 e. The van der Waals surface area contributed by atoms with Crippen molar-refractivity contribution in [3.8, 4) is 28.6 Å². The maximum Gasteiger partial charge on any atom is 0.237 e. The predicted octanol–water partition coefficient (Wildman–Crippen LogP) is 4.27. The van der Waals surface area contributed by atoms with Crippen LogP contribution in [0.4, 0.5) is 5.69 Å². The lowest BCUT2D eigenvalue weighted by atomic mass is 10.2. The molecule has 1 amide bonds. The first-order chi connectivity index (χ1) is 17.0. The number of carbonyl (C=O) groups is 1. The van der Waals surface area contributed by atoms with E-state index in [1.54, 1.807) is 39.5 Å². The van der Waals surface area contributed by atoms with Crippen LogP contribution in [0.2, 0.25) is 0 Å². The summed E-state index contributed by atoms with van der Waals surface area (Å²) in [7, 11) is 4.78. The van der Waals surface area contributed by atoms with Crippen LogP contribution < -0.4 is 19.5 Å². The van der Waals surface area contributed by atoms with Crippen molar-refractivity contribution in [2.75, 3.05) is 33.3 Å². The Balaban J connectivity index is 1.54. The minimum atomic E-state index is -0.427. The van der Waals surface area contributed by atoms with Gasteiger partial charge < -0.3 is 24.3 Å². The molecule has 1 aliphatic rings. The Bertz CT molecular complexity index is 1120. The molecule has 0 saturated carbocycles. The van der Waals surface area contributed by atoms with Gasteiger partial charge in [0.2, 0.25) is 5.91 Å². The van der Waals surface area contributed by atoms with Crippen molar-refractivity contribution in [1.82, 2.24) is 14.8 Å². The molecule has 0 aliphatic carbocycles. The summed E-state index contributed by atoms with van der Waals surface area (Å²) in [6, 6.07) is 12.9. The molecule has 2 aromatic carbocycles. The fraction of sp³-hybridized carbons (Fsp3) is 0.400. The zero-order valence-corrected chi connectivity index (χ0v) is 21.1. The largest absolute Gasteiger partial charge is 0.497 e. The van der Waals surface area contributed by atoms with Gasteiger partial charge in [0.15, 0.2) is 11.0 Å². The summed E-state index contributed by atoms with van der Waals surface area (Å²) in [5.41, 5.74) is 1.52. The third-order valence-corrected chi connectivity index (χ3v) is 6.83. The molecule has 35 heavy (non-hydrogen) atoms. The summed E-state index contributed by atoms with van der Waals surface area (Å²) in [5, 5.41) is 12.1. The van der Waals surface area contributed by atoms with Gasteiger partial charge in [-0.05, 0) is 44.0 Å². The second-order valence-electron chi connectivity index (χ2n) is 8.13. The van der Waals surface area contributed by atoms with Crippen LogP contribution >= 0.6 is 11.8 Å². The minimum Gasteiger partial charge on any atom is -0.497 e. The van der Waals surface area contributed by atoms with Gasteiger partial charge in [0.05, 0.1) is 39.2 Å². The summed E-state index contributed by atoms with van der Waals surface area (Å²) in [6.07, 6.45) is 2.12. The first-order valence-corrected chi connectivity index (χ1v) is 12.3. The normalized spacial score (nSPS) is 16.1. The van der Waals surface area contributed by atoms with Gasteiger partial charge in [-0.15, -0.1) is 10.2 Å². The van der Waals surface area contributed by atoms with Crippen molar-refractivity contribution in [3.63, 3.8) is 0 Å². The van der Waals surface area contributed by atoms with E-state index in [1.807, 2.05) is 35.8 Å². The van der Waals surface area contributed by atoms with E-state index >= 15 is 0 Å². The number of hydrogen-bond donors (Lipinski definition) is 1. The van der Waals surface area contributed by atoms with Crippen LogP contribution in [0.25, 0.3) is 11.4 Å². The molecular formula is C25H30N4O5S. The summed E-state index contributed by atoms with van der Waals surface area (Å²) >= 11 is 1.36. The lowest BCUT2D eigenvalue weighted by Crippen LogP contribution is -2.23. The minimum absolute atomic E-state index is 0.0933. The highest BCUT2D eigenvalue weighted by Crippen LogP contribution is 2.31. The van der Waals surface area contributed by atoms with Gasteiger partial charge in [-0.3, -0.25) is 9.36 Å². The van der Waals surface area contributed by atoms with Crippen LogP contribution in [0.1, 0.15) is 19.8 Å². The predicted molar refractivity (Wildman–Crippen MR) is 134 cm³/mol. The summed E-state index contributed by atoms with van der Waals surface area (Å²) in [5.74, 6) is 2.53. The maximum atomic E-state index is 13.0. The first-order valence-electron chi connectivity index (χ1n) is 11.4. The monoisotopic (exact) mass is 498 g/mol.